The first-order chi connectivity index (χ1) is 8.01. The fourth-order valence-corrected chi connectivity index (χ4v) is 1.70. The number of carbonyl (C=O) groups is 1. The number of esters is 1. The van der Waals surface area contributed by atoms with Gasteiger partial charge in [0.15, 0.2) is 6.10 Å². The molecular weight excluding hydrogens is 295 g/mol. The monoisotopic (exact) mass is 306 g/mol. The summed E-state index contributed by atoms with van der Waals surface area (Å²) in [4.78, 5) is 11.3. The Kier molecular flexibility index (Phi) is 4.89. The molecule has 1 rings (SSSR count). The summed E-state index contributed by atoms with van der Waals surface area (Å²) in [6.07, 6.45) is -1.67. The normalized spacial score (nSPS) is 12.1. The summed E-state index contributed by atoms with van der Waals surface area (Å²) in [5.41, 5.74) is -0.185. The van der Waals surface area contributed by atoms with E-state index < -0.39 is 17.9 Å². The number of ether oxygens (including phenoxy) is 2. The number of carbonyl (C=O) groups excluding carboxylic acids is 1. The van der Waals surface area contributed by atoms with Crippen LogP contribution in [0.15, 0.2) is 16.6 Å². The molecule has 94 valence electrons. The number of aliphatic hydroxyl groups excluding tert-OH is 1. The molecule has 0 aliphatic carbocycles. The minimum atomic E-state index is -1.67. The number of hydrogen-bond acceptors (Lipinski definition) is 4. The van der Waals surface area contributed by atoms with Crippen molar-refractivity contribution in [1.82, 2.24) is 0 Å². The van der Waals surface area contributed by atoms with Crippen LogP contribution in [0.1, 0.15) is 18.6 Å². The summed E-state index contributed by atoms with van der Waals surface area (Å²) < 4.78 is 23.3. The highest BCUT2D eigenvalue weighted by Crippen LogP contribution is 2.29. The van der Waals surface area contributed by atoms with E-state index in [0.29, 0.717) is 5.75 Å². The smallest absolute Gasteiger partial charge is 0.339 e. The summed E-state index contributed by atoms with van der Waals surface area (Å²) in [7, 11) is 1.40. The van der Waals surface area contributed by atoms with E-state index in [2.05, 4.69) is 20.7 Å². The van der Waals surface area contributed by atoms with E-state index in [1.165, 1.54) is 19.2 Å². The minimum Gasteiger partial charge on any atom is -0.497 e. The van der Waals surface area contributed by atoms with Gasteiger partial charge in [0.2, 0.25) is 0 Å². The first kappa shape index (κ1) is 13.9. The van der Waals surface area contributed by atoms with Crippen LogP contribution in [0, 0.1) is 5.82 Å². The van der Waals surface area contributed by atoms with Crippen molar-refractivity contribution in [2.45, 2.75) is 13.0 Å². The third kappa shape index (κ3) is 3.17. The molecule has 0 aliphatic rings. The summed E-state index contributed by atoms with van der Waals surface area (Å²) in [6, 6.07) is 2.65. The lowest BCUT2D eigenvalue weighted by atomic mass is 10.1. The molecule has 4 nitrogen and oxygen atoms in total. The molecule has 6 heteroatoms. The van der Waals surface area contributed by atoms with Crippen molar-refractivity contribution in [3.05, 3.63) is 28.0 Å². The van der Waals surface area contributed by atoms with Crippen LogP contribution in [-0.4, -0.2) is 24.8 Å². The van der Waals surface area contributed by atoms with E-state index in [-0.39, 0.29) is 16.6 Å². The zero-order valence-corrected chi connectivity index (χ0v) is 11.0. The molecule has 1 N–H and O–H groups in total. The van der Waals surface area contributed by atoms with E-state index >= 15 is 0 Å². The Morgan fingerprint density at radius 2 is 2.24 bits per heavy atom. The maximum absolute atomic E-state index is 13.7. The summed E-state index contributed by atoms with van der Waals surface area (Å²) in [5.74, 6) is -1.28. The van der Waals surface area contributed by atoms with Gasteiger partial charge in [-0.25, -0.2) is 9.18 Å². The van der Waals surface area contributed by atoms with Crippen molar-refractivity contribution in [3.8, 4) is 5.75 Å². The summed E-state index contributed by atoms with van der Waals surface area (Å²) >= 11 is 2.98. The SMILES string of the molecule is CCOC(=O)C(O)c1cc(OC)cc(Br)c1F. The van der Waals surface area contributed by atoms with Gasteiger partial charge in [0.1, 0.15) is 11.6 Å². The number of methoxy groups -OCH3 is 1. The Morgan fingerprint density at radius 1 is 1.59 bits per heavy atom. The van der Waals surface area contributed by atoms with Crippen molar-refractivity contribution in [1.29, 1.82) is 0 Å². The number of rotatable bonds is 4. The van der Waals surface area contributed by atoms with Crippen molar-refractivity contribution in [3.63, 3.8) is 0 Å². The van der Waals surface area contributed by atoms with Crippen LogP contribution in [0.3, 0.4) is 0 Å². The third-order valence-corrected chi connectivity index (χ3v) is 2.65. The molecule has 0 saturated carbocycles. The topological polar surface area (TPSA) is 55.8 Å². The van der Waals surface area contributed by atoms with E-state index in [1.54, 1.807) is 6.92 Å². The van der Waals surface area contributed by atoms with E-state index in [4.69, 9.17) is 4.74 Å². The van der Waals surface area contributed by atoms with E-state index in [1.807, 2.05) is 0 Å². The maximum atomic E-state index is 13.7. The lowest BCUT2D eigenvalue weighted by molar-refractivity contribution is -0.153. The molecule has 0 heterocycles. The molecular formula is C11H12BrFO4. The van der Waals surface area contributed by atoms with Gasteiger partial charge >= 0.3 is 5.97 Å². The van der Waals surface area contributed by atoms with Gasteiger partial charge in [-0.3, -0.25) is 0 Å². The molecule has 0 aliphatic heterocycles. The van der Waals surface area contributed by atoms with Crippen molar-refractivity contribution < 1.29 is 23.8 Å². The maximum Gasteiger partial charge on any atom is 0.339 e. The van der Waals surface area contributed by atoms with Gasteiger partial charge in [0, 0.05) is 5.56 Å². The first-order valence-corrected chi connectivity index (χ1v) is 5.68. The average Bonchev–Trinajstić information content (AvgIpc) is 2.31. The predicted octanol–water partition coefficient (Wildman–Crippen LogP) is 2.19. The van der Waals surface area contributed by atoms with Crippen LogP contribution < -0.4 is 4.74 Å². The molecule has 1 aromatic rings. The zero-order chi connectivity index (χ0) is 13.0. The standard InChI is InChI=1S/C11H12BrFO4/c1-3-17-11(15)10(14)7-4-6(16-2)5-8(12)9(7)13/h4-5,10,14H,3H2,1-2H3. The first-order valence-electron chi connectivity index (χ1n) is 4.88. The highest BCUT2D eigenvalue weighted by Gasteiger charge is 2.24. The second-order valence-corrected chi connectivity index (χ2v) is 4.02. The minimum absolute atomic E-state index is 0.107. The van der Waals surface area contributed by atoms with Crippen molar-refractivity contribution in [2.75, 3.05) is 13.7 Å². The Hall–Kier alpha value is -1.14. The van der Waals surface area contributed by atoms with Crippen LogP contribution in [-0.2, 0) is 9.53 Å². The van der Waals surface area contributed by atoms with E-state index in [0.717, 1.165) is 0 Å². The van der Waals surface area contributed by atoms with Gasteiger partial charge in [0.25, 0.3) is 0 Å². The Morgan fingerprint density at radius 3 is 2.76 bits per heavy atom. The highest BCUT2D eigenvalue weighted by molar-refractivity contribution is 9.10. The molecule has 0 bridgehead atoms. The molecule has 1 unspecified atom stereocenters. The third-order valence-electron chi connectivity index (χ3n) is 2.07. The molecule has 0 saturated heterocycles. The van der Waals surface area contributed by atoms with Gasteiger partial charge in [0.05, 0.1) is 18.2 Å². The molecule has 17 heavy (non-hydrogen) atoms. The van der Waals surface area contributed by atoms with E-state index in [9.17, 15) is 14.3 Å². The van der Waals surface area contributed by atoms with Crippen molar-refractivity contribution in [2.24, 2.45) is 0 Å². The van der Waals surface area contributed by atoms with Crippen LogP contribution in [0.5, 0.6) is 5.75 Å². The summed E-state index contributed by atoms with van der Waals surface area (Å²) in [5, 5.41) is 9.65. The van der Waals surface area contributed by atoms with Crippen molar-refractivity contribution >= 4 is 21.9 Å². The molecule has 0 spiro atoms. The van der Waals surface area contributed by atoms with Crippen LogP contribution >= 0.6 is 15.9 Å². The fraction of sp³-hybridized carbons (Fsp3) is 0.364. The van der Waals surface area contributed by atoms with Crippen LogP contribution in [0.2, 0.25) is 0 Å². The molecule has 1 atom stereocenters. The highest BCUT2D eigenvalue weighted by atomic mass is 79.9. The Balaban J connectivity index is 3.11. The Labute approximate surface area is 106 Å². The van der Waals surface area contributed by atoms with Gasteiger partial charge in [-0.2, -0.15) is 0 Å². The number of aliphatic hydroxyl groups is 1. The second-order valence-electron chi connectivity index (χ2n) is 3.17. The molecule has 0 radical (unpaired) electrons. The molecule has 0 fully saturated rings. The number of halogens is 2. The quantitative estimate of drug-likeness (QED) is 0.866. The average molecular weight is 307 g/mol. The number of hydrogen-bond donors (Lipinski definition) is 1. The van der Waals surface area contributed by atoms with Gasteiger partial charge < -0.3 is 14.6 Å². The predicted molar refractivity (Wildman–Crippen MR) is 62.2 cm³/mol. The molecule has 0 amide bonds. The summed E-state index contributed by atoms with van der Waals surface area (Å²) in [6.45, 7) is 1.71. The molecule has 0 aromatic heterocycles. The number of benzene rings is 1. The van der Waals surface area contributed by atoms with Gasteiger partial charge in [-0.05, 0) is 35.0 Å². The lowest BCUT2D eigenvalue weighted by Crippen LogP contribution is -2.17. The van der Waals surface area contributed by atoms with Crippen LogP contribution in [0.25, 0.3) is 0 Å². The lowest BCUT2D eigenvalue weighted by Gasteiger charge is -2.13. The van der Waals surface area contributed by atoms with Gasteiger partial charge in [-0.15, -0.1) is 0 Å². The second kappa shape index (κ2) is 5.97. The Bertz CT molecular complexity index is 422. The zero-order valence-electron chi connectivity index (χ0n) is 9.37. The largest absolute Gasteiger partial charge is 0.497 e. The van der Waals surface area contributed by atoms with Crippen LogP contribution in [0.4, 0.5) is 4.39 Å². The molecule has 1 aromatic carbocycles. The van der Waals surface area contributed by atoms with Gasteiger partial charge in [-0.1, -0.05) is 0 Å². The fourth-order valence-electron chi connectivity index (χ4n) is 1.25.